The number of nitrogens with zero attached hydrogens (tertiary/aromatic N) is 1. The van der Waals surface area contributed by atoms with Crippen LogP contribution in [0.1, 0.15) is 43.7 Å². The van der Waals surface area contributed by atoms with Crippen LogP contribution in [0, 0.1) is 11.8 Å². The molecule has 0 spiro atoms. The van der Waals surface area contributed by atoms with E-state index in [1.54, 1.807) is 4.90 Å². The molecule has 1 saturated heterocycles. The number of alkyl halides is 3. The SMILES string of the molecule is CCOC1CC(OC2CCN(c3cc(C#CCO)ccc3C(F)(F)F)CC2)C1. The Morgan fingerprint density at radius 1 is 1.14 bits per heavy atom. The summed E-state index contributed by atoms with van der Waals surface area (Å²) in [6, 6.07) is 3.88. The quantitative estimate of drug-likeness (QED) is 0.771. The maximum atomic E-state index is 13.4. The highest BCUT2D eigenvalue weighted by atomic mass is 19.4. The fourth-order valence-electron chi connectivity index (χ4n) is 3.76. The van der Waals surface area contributed by atoms with Crippen LogP contribution in [-0.4, -0.2) is 49.7 Å². The molecular weight excluding hydrogens is 371 g/mol. The second kappa shape index (κ2) is 9.17. The van der Waals surface area contributed by atoms with E-state index in [0.29, 0.717) is 38.1 Å². The Morgan fingerprint density at radius 3 is 2.46 bits per heavy atom. The molecule has 1 aliphatic heterocycles. The van der Waals surface area contributed by atoms with Crippen molar-refractivity contribution in [2.45, 2.75) is 57.1 Å². The summed E-state index contributed by atoms with van der Waals surface area (Å²) in [7, 11) is 0. The highest BCUT2D eigenvalue weighted by Crippen LogP contribution is 2.38. The molecule has 0 amide bonds. The van der Waals surface area contributed by atoms with Crippen LogP contribution < -0.4 is 4.90 Å². The first-order valence-electron chi connectivity index (χ1n) is 9.73. The van der Waals surface area contributed by atoms with Crippen molar-refractivity contribution in [3.8, 4) is 11.8 Å². The topological polar surface area (TPSA) is 41.9 Å². The fourth-order valence-corrected chi connectivity index (χ4v) is 3.76. The number of halogens is 3. The van der Waals surface area contributed by atoms with Gasteiger partial charge in [-0.15, -0.1) is 0 Å². The first-order chi connectivity index (χ1) is 13.4. The highest BCUT2D eigenvalue weighted by Gasteiger charge is 2.37. The largest absolute Gasteiger partial charge is 0.418 e. The molecule has 0 aromatic heterocycles. The second-order valence-electron chi connectivity index (χ2n) is 7.18. The molecule has 3 rings (SSSR count). The number of aliphatic hydroxyl groups is 1. The molecule has 1 heterocycles. The summed E-state index contributed by atoms with van der Waals surface area (Å²) >= 11 is 0. The van der Waals surface area contributed by atoms with Gasteiger partial charge in [0.2, 0.25) is 0 Å². The molecule has 4 nitrogen and oxygen atoms in total. The number of hydrogen-bond acceptors (Lipinski definition) is 4. The molecule has 7 heteroatoms. The maximum Gasteiger partial charge on any atom is 0.418 e. The van der Waals surface area contributed by atoms with Crippen LogP contribution in [0.3, 0.4) is 0 Å². The number of anilines is 1. The van der Waals surface area contributed by atoms with Crippen molar-refractivity contribution in [1.29, 1.82) is 0 Å². The standard InChI is InChI=1S/C21H26F3NO3/c1-2-27-17-13-18(14-17)28-16-7-9-25(10-8-16)20-12-15(4-3-11-26)5-6-19(20)21(22,23)24/h5-6,12,16-18,26H,2,7-11,13-14H2,1H3. The third kappa shape index (κ3) is 5.19. The van der Waals surface area contributed by atoms with Crippen LogP contribution in [0.2, 0.25) is 0 Å². The fraction of sp³-hybridized carbons (Fsp3) is 0.619. The van der Waals surface area contributed by atoms with E-state index in [1.165, 1.54) is 12.1 Å². The van der Waals surface area contributed by atoms with E-state index in [0.717, 1.165) is 18.9 Å². The summed E-state index contributed by atoms with van der Waals surface area (Å²) in [5.74, 6) is 5.17. The normalized spacial score (nSPS) is 23.1. The summed E-state index contributed by atoms with van der Waals surface area (Å²) in [4.78, 5) is 1.76. The number of benzene rings is 1. The number of hydrogen-bond donors (Lipinski definition) is 1. The predicted molar refractivity (Wildman–Crippen MR) is 100 cm³/mol. The van der Waals surface area contributed by atoms with Crippen LogP contribution in [-0.2, 0) is 15.7 Å². The number of ether oxygens (including phenoxy) is 2. The number of aliphatic hydroxyl groups excluding tert-OH is 1. The molecule has 1 saturated carbocycles. The minimum atomic E-state index is -4.42. The predicted octanol–water partition coefficient (Wildman–Crippen LogP) is 3.60. The highest BCUT2D eigenvalue weighted by molar-refractivity contribution is 5.59. The van der Waals surface area contributed by atoms with Crippen LogP contribution in [0.5, 0.6) is 0 Å². The van der Waals surface area contributed by atoms with Gasteiger partial charge in [0.15, 0.2) is 0 Å². The Balaban J connectivity index is 1.62. The lowest BCUT2D eigenvalue weighted by molar-refractivity contribution is -0.137. The molecule has 154 valence electrons. The van der Waals surface area contributed by atoms with Crippen LogP contribution in [0.4, 0.5) is 18.9 Å². The van der Waals surface area contributed by atoms with Crippen LogP contribution in [0.15, 0.2) is 18.2 Å². The van der Waals surface area contributed by atoms with E-state index < -0.39 is 11.7 Å². The average Bonchev–Trinajstić information content (AvgIpc) is 2.64. The van der Waals surface area contributed by atoms with Gasteiger partial charge in [0.25, 0.3) is 0 Å². The van der Waals surface area contributed by atoms with Gasteiger partial charge >= 0.3 is 6.18 Å². The van der Waals surface area contributed by atoms with Gasteiger partial charge in [-0.3, -0.25) is 0 Å². The van der Waals surface area contributed by atoms with E-state index in [4.69, 9.17) is 14.6 Å². The van der Waals surface area contributed by atoms with E-state index in [1.807, 2.05) is 6.92 Å². The molecule has 0 atom stereocenters. The smallest absolute Gasteiger partial charge is 0.384 e. The summed E-state index contributed by atoms with van der Waals surface area (Å²) in [6.07, 6.45) is -0.667. The van der Waals surface area contributed by atoms with Crippen molar-refractivity contribution in [3.63, 3.8) is 0 Å². The van der Waals surface area contributed by atoms with Crippen molar-refractivity contribution in [2.24, 2.45) is 0 Å². The van der Waals surface area contributed by atoms with Gasteiger partial charge in [-0.25, -0.2) is 0 Å². The first kappa shape index (κ1) is 21.0. The Labute approximate surface area is 163 Å². The summed E-state index contributed by atoms with van der Waals surface area (Å²) in [6.45, 7) is 3.37. The monoisotopic (exact) mass is 397 g/mol. The summed E-state index contributed by atoms with van der Waals surface area (Å²) in [5.41, 5.74) is -0.0393. The number of piperidine rings is 1. The van der Waals surface area contributed by atoms with Gasteiger partial charge in [-0.2, -0.15) is 13.2 Å². The third-order valence-electron chi connectivity index (χ3n) is 5.24. The first-order valence-corrected chi connectivity index (χ1v) is 9.73. The molecule has 1 aromatic carbocycles. The molecule has 28 heavy (non-hydrogen) atoms. The van der Waals surface area contributed by atoms with E-state index in [-0.39, 0.29) is 30.6 Å². The molecule has 1 aromatic rings. The molecule has 0 bridgehead atoms. The zero-order chi connectivity index (χ0) is 20.1. The van der Waals surface area contributed by atoms with Crippen molar-refractivity contribution in [3.05, 3.63) is 29.3 Å². The summed E-state index contributed by atoms with van der Waals surface area (Å²) in [5, 5.41) is 8.82. The molecule has 0 radical (unpaired) electrons. The Bertz CT molecular complexity index is 712. The van der Waals surface area contributed by atoms with Gasteiger partial charge in [-0.05, 0) is 50.8 Å². The van der Waals surface area contributed by atoms with E-state index >= 15 is 0 Å². The van der Waals surface area contributed by atoms with Gasteiger partial charge in [0.1, 0.15) is 6.61 Å². The van der Waals surface area contributed by atoms with Crippen molar-refractivity contribution < 1.29 is 27.8 Å². The van der Waals surface area contributed by atoms with Crippen molar-refractivity contribution in [1.82, 2.24) is 0 Å². The minimum Gasteiger partial charge on any atom is -0.384 e. The van der Waals surface area contributed by atoms with Crippen molar-refractivity contribution >= 4 is 5.69 Å². The zero-order valence-corrected chi connectivity index (χ0v) is 16.0. The molecular formula is C21H26F3NO3. The number of rotatable bonds is 5. The zero-order valence-electron chi connectivity index (χ0n) is 16.0. The Kier molecular flexibility index (Phi) is 6.86. The van der Waals surface area contributed by atoms with Gasteiger partial charge in [0.05, 0.1) is 29.6 Å². The van der Waals surface area contributed by atoms with Crippen molar-refractivity contribution in [2.75, 3.05) is 31.2 Å². The molecule has 2 aliphatic rings. The average molecular weight is 397 g/mol. The Hall–Kier alpha value is -1.75. The molecule has 1 N–H and O–H groups in total. The van der Waals surface area contributed by atoms with E-state index in [9.17, 15) is 13.2 Å². The van der Waals surface area contributed by atoms with E-state index in [2.05, 4.69) is 11.8 Å². The third-order valence-corrected chi connectivity index (χ3v) is 5.24. The molecule has 2 fully saturated rings. The lowest BCUT2D eigenvalue weighted by Crippen LogP contribution is -2.44. The van der Waals surface area contributed by atoms with Gasteiger partial charge in [-0.1, -0.05) is 11.8 Å². The van der Waals surface area contributed by atoms with Gasteiger partial charge in [0, 0.05) is 25.3 Å². The molecule has 1 aliphatic carbocycles. The van der Waals surface area contributed by atoms with Gasteiger partial charge < -0.3 is 19.5 Å². The lowest BCUT2D eigenvalue weighted by atomic mass is 9.91. The Morgan fingerprint density at radius 2 is 1.86 bits per heavy atom. The maximum absolute atomic E-state index is 13.4. The van der Waals surface area contributed by atoms with Crippen LogP contribution >= 0.6 is 0 Å². The lowest BCUT2D eigenvalue weighted by Gasteiger charge is -2.40. The molecule has 0 unspecified atom stereocenters. The summed E-state index contributed by atoms with van der Waals surface area (Å²) < 4.78 is 52.0. The second-order valence-corrected chi connectivity index (χ2v) is 7.18. The minimum absolute atomic E-state index is 0.0792. The van der Waals surface area contributed by atoms with Crippen LogP contribution in [0.25, 0.3) is 0 Å².